The lowest BCUT2D eigenvalue weighted by Gasteiger charge is -2.18. The number of pyridine rings is 2. The molecule has 0 radical (unpaired) electrons. The van der Waals surface area contributed by atoms with Crippen molar-refractivity contribution < 1.29 is 22.6 Å². The summed E-state index contributed by atoms with van der Waals surface area (Å²) in [5, 5.41) is 0. The molecule has 0 aliphatic carbocycles. The number of rotatable bonds is 5. The molecule has 2 aromatic rings. The fourth-order valence-corrected chi connectivity index (χ4v) is 1.59. The number of hydrogen-bond donors (Lipinski definition) is 0. The predicted octanol–water partition coefficient (Wildman–Crippen LogP) is 3.61. The van der Waals surface area contributed by atoms with Crippen LogP contribution in [0.1, 0.15) is 24.5 Å². The number of nitrogens with zero attached hydrogens (tertiary/aromatic N) is 2. The molecule has 0 saturated carbocycles. The smallest absolute Gasteiger partial charge is 0.433 e. The van der Waals surface area contributed by atoms with Crippen LogP contribution < -0.4 is 4.74 Å². The van der Waals surface area contributed by atoms with Crippen LogP contribution in [0.5, 0.6) is 5.88 Å². The van der Waals surface area contributed by atoms with Gasteiger partial charge in [0.25, 0.3) is 0 Å². The summed E-state index contributed by atoms with van der Waals surface area (Å²) in [5.41, 5.74) is -0.574. The molecular weight excluding hydrogens is 285 g/mol. The average Bonchev–Trinajstić information content (AvgIpc) is 2.47. The van der Waals surface area contributed by atoms with Crippen molar-refractivity contribution in [3.8, 4) is 5.88 Å². The van der Waals surface area contributed by atoms with E-state index in [9.17, 15) is 13.2 Å². The molecule has 0 N–H and O–H groups in total. The van der Waals surface area contributed by atoms with Gasteiger partial charge in [0.2, 0.25) is 12.2 Å². The molecule has 112 valence electrons. The minimum Gasteiger partial charge on any atom is -0.443 e. The van der Waals surface area contributed by atoms with Gasteiger partial charge in [0.1, 0.15) is 5.69 Å². The summed E-state index contributed by atoms with van der Waals surface area (Å²) in [6, 6.07) is 7.25. The van der Waals surface area contributed by atoms with Gasteiger partial charge in [0.15, 0.2) is 0 Å². The van der Waals surface area contributed by atoms with E-state index in [1.54, 1.807) is 31.3 Å². The molecule has 0 aliphatic rings. The summed E-state index contributed by atoms with van der Waals surface area (Å²) >= 11 is 0. The van der Waals surface area contributed by atoms with Crippen LogP contribution in [0.4, 0.5) is 13.2 Å². The van der Waals surface area contributed by atoms with Gasteiger partial charge in [0.05, 0.1) is 0 Å². The van der Waals surface area contributed by atoms with Crippen molar-refractivity contribution in [2.75, 3.05) is 6.61 Å². The molecule has 4 nitrogen and oxygen atoms in total. The lowest BCUT2D eigenvalue weighted by atomic mass is 10.2. The van der Waals surface area contributed by atoms with E-state index in [4.69, 9.17) is 9.47 Å². The van der Waals surface area contributed by atoms with Gasteiger partial charge in [-0.2, -0.15) is 13.2 Å². The van der Waals surface area contributed by atoms with Gasteiger partial charge in [-0.1, -0.05) is 6.07 Å². The first-order valence-corrected chi connectivity index (χ1v) is 6.23. The third-order valence-corrected chi connectivity index (χ3v) is 2.53. The zero-order valence-corrected chi connectivity index (χ0v) is 11.2. The Bertz CT molecular complexity index is 559. The van der Waals surface area contributed by atoms with Crippen LogP contribution >= 0.6 is 0 Å². The highest BCUT2D eigenvalue weighted by molar-refractivity contribution is 5.19. The molecule has 0 spiro atoms. The van der Waals surface area contributed by atoms with Crippen LogP contribution in [-0.4, -0.2) is 16.6 Å². The van der Waals surface area contributed by atoms with Crippen molar-refractivity contribution in [2.45, 2.75) is 19.4 Å². The molecule has 1 unspecified atom stereocenters. The molecule has 1 atom stereocenters. The number of alkyl halides is 3. The Kier molecular flexibility index (Phi) is 4.74. The zero-order chi connectivity index (χ0) is 15.3. The molecule has 7 heteroatoms. The van der Waals surface area contributed by atoms with Gasteiger partial charge < -0.3 is 9.47 Å². The Morgan fingerprint density at radius 1 is 1.14 bits per heavy atom. The number of aromatic nitrogens is 2. The molecule has 21 heavy (non-hydrogen) atoms. The van der Waals surface area contributed by atoms with Crippen molar-refractivity contribution in [2.24, 2.45) is 0 Å². The molecular formula is C14H13F3N2O2. The van der Waals surface area contributed by atoms with Crippen molar-refractivity contribution in [1.82, 2.24) is 9.97 Å². The fourth-order valence-electron chi connectivity index (χ4n) is 1.59. The van der Waals surface area contributed by atoms with E-state index in [0.717, 1.165) is 12.3 Å². The Morgan fingerprint density at radius 2 is 1.95 bits per heavy atom. The highest BCUT2D eigenvalue weighted by Gasteiger charge is 2.32. The number of ether oxygens (including phenoxy) is 2. The van der Waals surface area contributed by atoms with E-state index in [1.807, 2.05) is 0 Å². The zero-order valence-electron chi connectivity index (χ0n) is 11.2. The summed E-state index contributed by atoms with van der Waals surface area (Å²) in [4.78, 5) is 7.37. The molecule has 2 aromatic heterocycles. The Hall–Kier alpha value is -2.15. The second-order valence-electron chi connectivity index (χ2n) is 4.05. The number of hydrogen-bond acceptors (Lipinski definition) is 4. The van der Waals surface area contributed by atoms with E-state index in [2.05, 4.69) is 9.97 Å². The molecule has 0 fully saturated rings. The third-order valence-electron chi connectivity index (χ3n) is 2.53. The van der Waals surface area contributed by atoms with Gasteiger partial charge >= 0.3 is 6.18 Å². The summed E-state index contributed by atoms with van der Waals surface area (Å²) in [7, 11) is 0. The van der Waals surface area contributed by atoms with E-state index < -0.39 is 18.2 Å². The third kappa shape index (κ3) is 4.16. The second kappa shape index (κ2) is 6.53. The first kappa shape index (κ1) is 15.2. The Labute approximate surface area is 119 Å². The molecule has 2 rings (SSSR count). The van der Waals surface area contributed by atoms with Gasteiger partial charge in [-0.3, -0.25) is 4.98 Å². The largest absolute Gasteiger partial charge is 0.443 e. The summed E-state index contributed by atoms with van der Waals surface area (Å²) < 4.78 is 48.3. The predicted molar refractivity (Wildman–Crippen MR) is 68.5 cm³/mol. The van der Waals surface area contributed by atoms with Crippen LogP contribution in [0.2, 0.25) is 0 Å². The van der Waals surface area contributed by atoms with Crippen LogP contribution in [0.25, 0.3) is 0 Å². The quantitative estimate of drug-likeness (QED) is 0.791. The van der Waals surface area contributed by atoms with Crippen molar-refractivity contribution in [3.63, 3.8) is 0 Å². The standard InChI is InChI=1S/C14H13F3N2O2/c1-2-20-13(21-12-5-3-4-8-18-12)10-6-7-11(19-9-10)14(15,16)17/h3-9,13H,2H2,1H3. The fraction of sp³-hybridized carbons (Fsp3) is 0.286. The molecule has 0 saturated heterocycles. The Balaban J connectivity index is 2.18. The Morgan fingerprint density at radius 3 is 2.48 bits per heavy atom. The van der Waals surface area contributed by atoms with Gasteiger partial charge in [-0.25, -0.2) is 4.98 Å². The number of halogens is 3. The highest BCUT2D eigenvalue weighted by Crippen LogP contribution is 2.29. The molecule has 2 heterocycles. The summed E-state index contributed by atoms with van der Waals surface area (Å²) in [6.45, 7) is 2.09. The summed E-state index contributed by atoms with van der Waals surface area (Å²) in [5.74, 6) is 0.316. The van der Waals surface area contributed by atoms with E-state index >= 15 is 0 Å². The molecule has 0 aromatic carbocycles. The van der Waals surface area contributed by atoms with Gasteiger partial charge in [-0.05, 0) is 25.1 Å². The van der Waals surface area contributed by atoms with Crippen LogP contribution in [0.3, 0.4) is 0 Å². The van der Waals surface area contributed by atoms with Crippen molar-refractivity contribution in [3.05, 3.63) is 54.0 Å². The van der Waals surface area contributed by atoms with Crippen LogP contribution in [0.15, 0.2) is 42.7 Å². The second-order valence-corrected chi connectivity index (χ2v) is 4.05. The van der Waals surface area contributed by atoms with Gasteiger partial charge in [0, 0.05) is 30.6 Å². The maximum absolute atomic E-state index is 12.5. The van der Waals surface area contributed by atoms with Gasteiger partial charge in [-0.15, -0.1) is 0 Å². The minimum absolute atomic E-state index is 0.316. The normalized spacial score (nSPS) is 13.0. The molecule has 0 aliphatic heterocycles. The SMILES string of the molecule is CCOC(Oc1ccccn1)c1ccc(C(F)(F)F)nc1. The first-order valence-electron chi connectivity index (χ1n) is 6.23. The summed E-state index contributed by atoms with van der Waals surface area (Å²) in [6.07, 6.45) is -2.70. The lowest BCUT2D eigenvalue weighted by molar-refractivity contribution is -0.141. The maximum atomic E-state index is 12.5. The molecule has 0 bridgehead atoms. The minimum atomic E-state index is -4.47. The van der Waals surface area contributed by atoms with Crippen molar-refractivity contribution >= 4 is 0 Å². The average molecular weight is 298 g/mol. The molecule has 0 amide bonds. The monoisotopic (exact) mass is 298 g/mol. The van der Waals surface area contributed by atoms with E-state index in [1.165, 1.54) is 6.07 Å². The van der Waals surface area contributed by atoms with Crippen LogP contribution in [0, 0.1) is 0 Å². The van der Waals surface area contributed by atoms with Crippen molar-refractivity contribution in [1.29, 1.82) is 0 Å². The van der Waals surface area contributed by atoms with Crippen LogP contribution in [-0.2, 0) is 10.9 Å². The van der Waals surface area contributed by atoms with E-state index in [-0.39, 0.29) is 0 Å². The topological polar surface area (TPSA) is 44.2 Å². The first-order chi connectivity index (χ1) is 10.0. The maximum Gasteiger partial charge on any atom is 0.433 e. The van der Waals surface area contributed by atoms with E-state index in [0.29, 0.717) is 18.1 Å². The lowest BCUT2D eigenvalue weighted by Crippen LogP contribution is -2.14. The highest BCUT2D eigenvalue weighted by atomic mass is 19.4.